The Morgan fingerprint density at radius 3 is 2.62 bits per heavy atom. The molecule has 2 aliphatic rings. The van der Waals surface area contributed by atoms with E-state index in [1.807, 2.05) is 37.3 Å². The van der Waals surface area contributed by atoms with Crippen LogP contribution in [0.5, 0.6) is 11.5 Å². The topological polar surface area (TPSA) is 80.5 Å². The molecular formula is C23H33IN4O4. The number of para-hydroxylation sites is 2. The van der Waals surface area contributed by atoms with Gasteiger partial charge in [-0.05, 0) is 38.1 Å². The summed E-state index contributed by atoms with van der Waals surface area (Å²) in [5.74, 6) is 4.19. The van der Waals surface area contributed by atoms with E-state index in [1.165, 1.54) is 0 Å². The van der Waals surface area contributed by atoms with Gasteiger partial charge in [0.1, 0.15) is 24.2 Å². The second-order valence-electron chi connectivity index (χ2n) is 7.71. The number of halogens is 1. The number of furan rings is 1. The summed E-state index contributed by atoms with van der Waals surface area (Å²) >= 11 is 0. The molecule has 0 amide bonds. The highest BCUT2D eigenvalue weighted by Crippen LogP contribution is 2.30. The molecule has 0 radical (unpaired) electrons. The van der Waals surface area contributed by atoms with Crippen molar-refractivity contribution in [2.75, 3.05) is 52.5 Å². The first-order chi connectivity index (χ1) is 15.2. The Morgan fingerprint density at radius 1 is 1.12 bits per heavy atom. The molecule has 4 rings (SSSR count). The van der Waals surface area contributed by atoms with E-state index in [2.05, 4.69) is 28.5 Å². The summed E-state index contributed by atoms with van der Waals surface area (Å²) in [7, 11) is 0. The summed E-state index contributed by atoms with van der Waals surface area (Å²) in [6.07, 6.45) is -0.0819. The number of morpholine rings is 1. The summed E-state index contributed by atoms with van der Waals surface area (Å²) in [4.78, 5) is 7.24. The third kappa shape index (κ3) is 6.52. The van der Waals surface area contributed by atoms with Crippen LogP contribution in [0.15, 0.2) is 45.8 Å². The van der Waals surface area contributed by atoms with Gasteiger partial charge in [0.05, 0.1) is 32.3 Å². The molecule has 176 valence electrons. The number of nitrogens with one attached hydrogen (secondary N) is 2. The SMILES string of the molecule is CCNC(=NCC(c1ccc(C)o1)N1CCOCC1)NCC1COc2ccccc2O1.I. The molecule has 9 heteroatoms. The maximum Gasteiger partial charge on any atom is 0.191 e. The highest BCUT2D eigenvalue weighted by Gasteiger charge is 2.25. The van der Waals surface area contributed by atoms with Crippen molar-refractivity contribution in [2.24, 2.45) is 4.99 Å². The van der Waals surface area contributed by atoms with Crippen molar-refractivity contribution in [1.29, 1.82) is 0 Å². The molecule has 0 aliphatic carbocycles. The zero-order chi connectivity index (χ0) is 21.5. The van der Waals surface area contributed by atoms with Crippen molar-refractivity contribution in [3.8, 4) is 11.5 Å². The number of guanidine groups is 1. The number of hydrogen-bond acceptors (Lipinski definition) is 6. The van der Waals surface area contributed by atoms with Gasteiger partial charge in [0.15, 0.2) is 17.5 Å². The lowest BCUT2D eigenvalue weighted by Crippen LogP contribution is -2.46. The fourth-order valence-corrected chi connectivity index (χ4v) is 3.80. The van der Waals surface area contributed by atoms with E-state index in [1.54, 1.807) is 0 Å². The van der Waals surface area contributed by atoms with Crippen LogP contribution < -0.4 is 20.1 Å². The zero-order valence-electron chi connectivity index (χ0n) is 18.7. The molecule has 0 spiro atoms. The van der Waals surface area contributed by atoms with Crippen molar-refractivity contribution < 1.29 is 18.6 Å². The quantitative estimate of drug-likeness (QED) is 0.309. The molecule has 3 heterocycles. The van der Waals surface area contributed by atoms with Gasteiger partial charge in [-0.2, -0.15) is 0 Å². The van der Waals surface area contributed by atoms with Crippen LogP contribution >= 0.6 is 24.0 Å². The lowest BCUT2D eigenvalue weighted by atomic mass is 10.1. The zero-order valence-corrected chi connectivity index (χ0v) is 21.0. The molecule has 1 saturated heterocycles. The number of aryl methyl sites for hydroxylation is 1. The van der Waals surface area contributed by atoms with Crippen molar-refractivity contribution in [2.45, 2.75) is 26.0 Å². The third-order valence-corrected chi connectivity index (χ3v) is 5.41. The monoisotopic (exact) mass is 556 g/mol. The summed E-state index contributed by atoms with van der Waals surface area (Å²) < 4.78 is 23.3. The van der Waals surface area contributed by atoms with Gasteiger partial charge in [0.25, 0.3) is 0 Å². The van der Waals surface area contributed by atoms with Crippen LogP contribution in [0.4, 0.5) is 0 Å². The van der Waals surface area contributed by atoms with Crippen LogP contribution in [0.2, 0.25) is 0 Å². The Labute approximate surface area is 206 Å². The summed E-state index contributed by atoms with van der Waals surface area (Å²) in [5.41, 5.74) is 0. The largest absolute Gasteiger partial charge is 0.486 e. The van der Waals surface area contributed by atoms with Crippen molar-refractivity contribution in [3.05, 3.63) is 47.9 Å². The van der Waals surface area contributed by atoms with Gasteiger partial charge < -0.3 is 29.3 Å². The average molecular weight is 556 g/mol. The molecule has 2 aromatic rings. The number of benzene rings is 1. The first-order valence-corrected chi connectivity index (χ1v) is 11.0. The Bertz CT molecular complexity index is 869. The molecule has 0 bridgehead atoms. The minimum Gasteiger partial charge on any atom is -0.486 e. The molecule has 2 aliphatic heterocycles. The molecule has 8 nitrogen and oxygen atoms in total. The van der Waals surface area contributed by atoms with Crippen molar-refractivity contribution in [3.63, 3.8) is 0 Å². The van der Waals surface area contributed by atoms with Gasteiger partial charge in [-0.3, -0.25) is 9.89 Å². The van der Waals surface area contributed by atoms with Crippen LogP contribution in [0.3, 0.4) is 0 Å². The lowest BCUT2D eigenvalue weighted by Gasteiger charge is -2.32. The van der Waals surface area contributed by atoms with Crippen LogP contribution in [0.25, 0.3) is 0 Å². The van der Waals surface area contributed by atoms with Gasteiger partial charge in [0.2, 0.25) is 0 Å². The van der Waals surface area contributed by atoms with Gasteiger partial charge in [0, 0.05) is 19.6 Å². The predicted molar refractivity (Wildman–Crippen MR) is 134 cm³/mol. The smallest absolute Gasteiger partial charge is 0.191 e. The molecule has 2 atom stereocenters. The summed E-state index contributed by atoms with van der Waals surface area (Å²) in [6, 6.07) is 11.9. The van der Waals surface area contributed by atoms with Gasteiger partial charge in [-0.25, -0.2) is 0 Å². The standard InChI is InChI=1S/C23H32N4O4.HI/c1-3-24-23(25-14-18-16-29-21-6-4-5-7-22(21)31-18)26-15-19(20-9-8-17(2)30-20)27-10-12-28-13-11-27;/h4-9,18-19H,3,10-16H2,1-2H3,(H2,24,25,26);1H. The number of aliphatic imine (C=N–C) groups is 1. The Hall–Kier alpha value is -1.98. The van der Waals surface area contributed by atoms with Gasteiger partial charge in [-0.1, -0.05) is 12.1 Å². The van der Waals surface area contributed by atoms with Gasteiger partial charge >= 0.3 is 0 Å². The Morgan fingerprint density at radius 2 is 1.91 bits per heavy atom. The van der Waals surface area contributed by atoms with Crippen LogP contribution in [-0.2, 0) is 4.74 Å². The summed E-state index contributed by atoms with van der Waals surface area (Å²) in [6.45, 7) is 9.71. The highest BCUT2D eigenvalue weighted by atomic mass is 127. The fourth-order valence-electron chi connectivity index (χ4n) is 3.80. The molecule has 1 aromatic carbocycles. The molecular weight excluding hydrogens is 523 g/mol. The minimum atomic E-state index is -0.0819. The van der Waals surface area contributed by atoms with Crippen molar-refractivity contribution in [1.82, 2.24) is 15.5 Å². The Balaban J connectivity index is 0.00000289. The number of ether oxygens (including phenoxy) is 3. The molecule has 1 aromatic heterocycles. The second kappa shape index (κ2) is 12.3. The first-order valence-electron chi connectivity index (χ1n) is 11.0. The Kier molecular flexibility index (Phi) is 9.49. The molecule has 32 heavy (non-hydrogen) atoms. The van der Waals surface area contributed by atoms with E-state index in [9.17, 15) is 0 Å². The maximum atomic E-state index is 6.05. The average Bonchev–Trinajstić information content (AvgIpc) is 3.24. The fraction of sp³-hybridized carbons (Fsp3) is 0.522. The number of fused-ring (bicyclic) bond motifs is 1. The lowest BCUT2D eigenvalue weighted by molar-refractivity contribution is 0.0135. The second-order valence-corrected chi connectivity index (χ2v) is 7.71. The minimum absolute atomic E-state index is 0. The molecule has 1 fully saturated rings. The first kappa shape index (κ1) is 24.7. The summed E-state index contributed by atoms with van der Waals surface area (Å²) in [5, 5.41) is 6.72. The van der Waals surface area contributed by atoms with Crippen LogP contribution in [0, 0.1) is 6.92 Å². The number of nitrogens with zero attached hydrogens (tertiary/aromatic N) is 2. The third-order valence-electron chi connectivity index (χ3n) is 5.41. The highest BCUT2D eigenvalue weighted by molar-refractivity contribution is 14.0. The van der Waals surface area contributed by atoms with E-state index in [-0.39, 0.29) is 36.1 Å². The maximum absolute atomic E-state index is 6.05. The van der Waals surface area contributed by atoms with E-state index in [0.717, 1.165) is 61.8 Å². The molecule has 0 saturated carbocycles. The number of hydrogen-bond donors (Lipinski definition) is 2. The van der Waals surface area contributed by atoms with Crippen LogP contribution in [-0.4, -0.2) is 69.5 Å². The van der Waals surface area contributed by atoms with E-state index in [4.69, 9.17) is 23.6 Å². The van der Waals surface area contributed by atoms with E-state index >= 15 is 0 Å². The van der Waals surface area contributed by atoms with E-state index < -0.39 is 0 Å². The molecule has 2 N–H and O–H groups in total. The van der Waals surface area contributed by atoms with Crippen molar-refractivity contribution >= 4 is 29.9 Å². The van der Waals surface area contributed by atoms with E-state index in [0.29, 0.717) is 19.7 Å². The number of rotatable bonds is 7. The molecule has 2 unspecified atom stereocenters. The predicted octanol–water partition coefficient (Wildman–Crippen LogP) is 2.97. The van der Waals surface area contributed by atoms with Gasteiger partial charge in [-0.15, -0.1) is 24.0 Å². The van der Waals surface area contributed by atoms with Crippen LogP contribution in [0.1, 0.15) is 24.5 Å². The normalized spacial score (nSPS) is 19.7.